The lowest BCUT2D eigenvalue weighted by Gasteiger charge is -2.25. The number of halogens is 1. The molecule has 0 amide bonds. The van der Waals surface area contributed by atoms with Crippen LogP contribution in [-0.4, -0.2) is 6.16 Å². The Morgan fingerprint density at radius 1 is 1.30 bits per heavy atom. The largest absolute Gasteiger partial charge is 0.0649 e. The van der Waals surface area contributed by atoms with E-state index in [-0.39, 0.29) is 0 Å². The van der Waals surface area contributed by atoms with E-state index in [1.54, 1.807) is 0 Å². The molecule has 0 spiro atoms. The van der Waals surface area contributed by atoms with Crippen molar-refractivity contribution in [2.24, 2.45) is 5.41 Å². The van der Waals surface area contributed by atoms with Gasteiger partial charge in [0.1, 0.15) is 0 Å². The highest BCUT2D eigenvalue weighted by Gasteiger charge is 2.17. The van der Waals surface area contributed by atoms with Crippen molar-refractivity contribution < 1.29 is 0 Å². The van der Waals surface area contributed by atoms with E-state index in [4.69, 9.17) is 0 Å². The molecule has 0 N–H and O–H groups in total. The summed E-state index contributed by atoms with van der Waals surface area (Å²) in [6, 6.07) is 0. The molecule has 0 radical (unpaired) electrons. The fourth-order valence-corrected chi connectivity index (χ4v) is 2.25. The molecule has 10 heavy (non-hydrogen) atoms. The van der Waals surface area contributed by atoms with Gasteiger partial charge in [-0.3, -0.25) is 0 Å². The van der Waals surface area contributed by atoms with Crippen LogP contribution in [0.4, 0.5) is 0 Å². The minimum Gasteiger partial charge on any atom is -0.0649 e. The Morgan fingerprint density at radius 2 is 1.80 bits per heavy atom. The van der Waals surface area contributed by atoms with Gasteiger partial charge in [-0.25, -0.2) is 0 Å². The van der Waals surface area contributed by atoms with Crippen LogP contribution < -0.4 is 0 Å². The van der Waals surface area contributed by atoms with Gasteiger partial charge in [0.25, 0.3) is 0 Å². The maximum atomic E-state index is 3.49. The summed E-state index contributed by atoms with van der Waals surface area (Å²) in [5.41, 5.74) is 0.612. The molecule has 0 aromatic carbocycles. The second-order valence-electron chi connectivity index (χ2n) is 3.15. The molecule has 1 unspecified atom stereocenters. The summed E-state index contributed by atoms with van der Waals surface area (Å²) in [7, 11) is 0.950. The highest BCUT2D eigenvalue weighted by molar-refractivity contribution is 9.36. The van der Waals surface area contributed by atoms with Gasteiger partial charge in [-0.05, 0) is 18.0 Å². The second kappa shape index (κ2) is 5.55. The predicted octanol–water partition coefficient (Wildman–Crippen LogP) is 4.19. The molecule has 0 rings (SSSR count). The summed E-state index contributed by atoms with van der Waals surface area (Å²) in [6.45, 7) is 6.97. The van der Waals surface area contributed by atoms with Crippen LogP contribution in [0.1, 0.15) is 40.0 Å². The summed E-state index contributed by atoms with van der Waals surface area (Å²) in [5.74, 6) is 0. The minimum atomic E-state index is 0.612. The monoisotopic (exact) mass is 224 g/mol. The number of hydrogen-bond acceptors (Lipinski definition) is 0. The summed E-state index contributed by atoms with van der Waals surface area (Å²) in [4.78, 5) is 0. The molecule has 0 aliphatic rings. The third-order valence-electron chi connectivity index (χ3n) is 2.53. The van der Waals surface area contributed by atoms with Crippen molar-refractivity contribution in [3.05, 3.63) is 0 Å². The molecular formula is C8H18BrP. The molecule has 0 aliphatic heterocycles. The van der Waals surface area contributed by atoms with Crippen molar-refractivity contribution in [2.45, 2.75) is 40.0 Å². The summed E-state index contributed by atoms with van der Waals surface area (Å²) >= 11 is 3.49. The molecule has 0 saturated carbocycles. The average Bonchev–Trinajstić information content (AvgIpc) is 2.00. The molecule has 0 heterocycles. The summed E-state index contributed by atoms with van der Waals surface area (Å²) in [6.07, 6.45) is 5.36. The van der Waals surface area contributed by atoms with Crippen LogP contribution in [0.25, 0.3) is 0 Å². The van der Waals surface area contributed by atoms with E-state index in [2.05, 4.69) is 36.3 Å². The molecule has 0 fully saturated rings. The van der Waals surface area contributed by atoms with Gasteiger partial charge in [0, 0.05) is 0 Å². The minimum absolute atomic E-state index is 0.612. The van der Waals surface area contributed by atoms with Gasteiger partial charge in [-0.1, -0.05) is 56.4 Å². The van der Waals surface area contributed by atoms with E-state index < -0.39 is 0 Å². The van der Waals surface area contributed by atoms with Gasteiger partial charge in [0.15, 0.2) is 0 Å². The van der Waals surface area contributed by atoms with Gasteiger partial charge in [-0.15, -0.1) is 0 Å². The van der Waals surface area contributed by atoms with Crippen LogP contribution in [0.15, 0.2) is 0 Å². The second-order valence-corrected chi connectivity index (χ2v) is 5.60. The lowest BCUT2D eigenvalue weighted by atomic mass is 9.82. The Morgan fingerprint density at radius 3 is 2.10 bits per heavy atom. The zero-order chi connectivity index (χ0) is 8.04. The first kappa shape index (κ1) is 10.9. The maximum Gasteiger partial charge on any atom is -0.0249 e. The van der Waals surface area contributed by atoms with Gasteiger partial charge < -0.3 is 0 Å². The van der Waals surface area contributed by atoms with Gasteiger partial charge in [0.2, 0.25) is 0 Å². The SMILES string of the molecule is CCC(C)(CC)CCPBr. The smallest absolute Gasteiger partial charge is 0.0249 e. The van der Waals surface area contributed by atoms with E-state index in [1.165, 1.54) is 25.4 Å². The standard InChI is InChI=1S/C8H18BrP/c1-4-8(3,5-2)6-7-10-9/h10H,4-7H2,1-3H3. The molecule has 2 heteroatoms. The fourth-order valence-electron chi connectivity index (χ4n) is 0.953. The molecule has 0 bridgehead atoms. The quantitative estimate of drug-likeness (QED) is 0.615. The molecule has 0 aliphatic carbocycles. The maximum absolute atomic E-state index is 3.49. The number of hydrogen-bond donors (Lipinski definition) is 0. The van der Waals surface area contributed by atoms with Crippen molar-refractivity contribution in [2.75, 3.05) is 6.16 Å². The molecule has 0 nitrogen and oxygen atoms in total. The van der Waals surface area contributed by atoms with Gasteiger partial charge in [-0.2, -0.15) is 0 Å². The van der Waals surface area contributed by atoms with Crippen molar-refractivity contribution in [3.8, 4) is 0 Å². The van der Waals surface area contributed by atoms with Gasteiger partial charge >= 0.3 is 0 Å². The lowest BCUT2D eigenvalue weighted by molar-refractivity contribution is 0.289. The topological polar surface area (TPSA) is 0 Å². The van der Waals surface area contributed by atoms with E-state index in [1.807, 2.05) is 0 Å². The molecular weight excluding hydrogens is 207 g/mol. The van der Waals surface area contributed by atoms with Crippen molar-refractivity contribution in [3.63, 3.8) is 0 Å². The van der Waals surface area contributed by atoms with E-state index >= 15 is 0 Å². The normalized spacial score (nSPS) is 13.2. The third-order valence-corrected chi connectivity index (χ3v) is 4.16. The van der Waals surface area contributed by atoms with E-state index in [0.717, 1.165) is 7.28 Å². The zero-order valence-electron chi connectivity index (χ0n) is 7.21. The zero-order valence-corrected chi connectivity index (χ0v) is 9.79. The Kier molecular flexibility index (Phi) is 6.05. The Balaban J connectivity index is 3.58. The van der Waals surface area contributed by atoms with Crippen LogP contribution in [0.2, 0.25) is 0 Å². The lowest BCUT2D eigenvalue weighted by Crippen LogP contribution is -2.13. The summed E-state index contributed by atoms with van der Waals surface area (Å²) in [5, 5.41) is 0. The first-order valence-electron chi connectivity index (χ1n) is 4.02. The third kappa shape index (κ3) is 3.93. The Labute approximate surface area is 74.7 Å². The van der Waals surface area contributed by atoms with E-state index in [9.17, 15) is 0 Å². The fraction of sp³-hybridized carbons (Fsp3) is 1.00. The number of rotatable bonds is 5. The highest BCUT2D eigenvalue weighted by atomic mass is 79.9. The van der Waals surface area contributed by atoms with Crippen LogP contribution in [0.3, 0.4) is 0 Å². The highest BCUT2D eigenvalue weighted by Crippen LogP contribution is 2.34. The Bertz CT molecular complexity index is 79.3. The van der Waals surface area contributed by atoms with Crippen LogP contribution in [-0.2, 0) is 0 Å². The Hall–Kier alpha value is 0.910. The summed E-state index contributed by atoms with van der Waals surface area (Å²) < 4.78 is 0. The van der Waals surface area contributed by atoms with Crippen LogP contribution in [0, 0.1) is 5.41 Å². The molecule has 0 aromatic heterocycles. The van der Waals surface area contributed by atoms with Crippen molar-refractivity contribution >= 4 is 22.8 Å². The average molecular weight is 225 g/mol. The molecule has 62 valence electrons. The first-order valence-corrected chi connectivity index (χ1v) is 7.48. The van der Waals surface area contributed by atoms with Crippen molar-refractivity contribution in [1.82, 2.24) is 0 Å². The van der Waals surface area contributed by atoms with Crippen LogP contribution >= 0.6 is 22.8 Å². The van der Waals surface area contributed by atoms with Gasteiger partial charge in [0.05, 0.1) is 0 Å². The molecule has 0 aromatic rings. The van der Waals surface area contributed by atoms with Crippen LogP contribution in [0.5, 0.6) is 0 Å². The van der Waals surface area contributed by atoms with E-state index in [0.29, 0.717) is 5.41 Å². The molecule has 1 atom stereocenters. The van der Waals surface area contributed by atoms with Crippen molar-refractivity contribution in [1.29, 1.82) is 0 Å². The first-order chi connectivity index (χ1) is 4.68. The predicted molar refractivity (Wildman–Crippen MR) is 55.4 cm³/mol. The molecule has 0 saturated heterocycles.